The predicted molar refractivity (Wildman–Crippen MR) is 174 cm³/mol. The molecule has 0 aromatic heterocycles. The number of hydrogen-bond acceptors (Lipinski definition) is 6. The average molecular weight is 607 g/mol. The summed E-state index contributed by atoms with van der Waals surface area (Å²) in [5.74, 6) is -2.16. The minimum absolute atomic E-state index is 0.207. The van der Waals surface area contributed by atoms with Crippen molar-refractivity contribution in [3.63, 3.8) is 0 Å². The van der Waals surface area contributed by atoms with E-state index in [9.17, 15) is 23.1 Å². The summed E-state index contributed by atoms with van der Waals surface area (Å²) in [6, 6.07) is 12.2. The van der Waals surface area contributed by atoms with Crippen molar-refractivity contribution in [3.05, 3.63) is 59.2 Å². The number of aryl methyl sites for hydroxylation is 1. The van der Waals surface area contributed by atoms with Crippen molar-refractivity contribution in [1.29, 1.82) is 0 Å². The van der Waals surface area contributed by atoms with Crippen molar-refractivity contribution >= 4 is 21.7 Å². The third-order valence-electron chi connectivity index (χ3n) is 6.57. The number of hydrogen-bond donors (Lipinski definition) is 2. The fourth-order valence-corrected chi connectivity index (χ4v) is 4.80. The van der Waals surface area contributed by atoms with Gasteiger partial charge in [0, 0.05) is 31.5 Å². The summed E-state index contributed by atoms with van der Waals surface area (Å²) < 4.78 is 28.4. The number of ether oxygens (including phenoxy) is 1. The quantitative estimate of drug-likeness (QED) is 0.243. The molecule has 0 spiro atoms. The molecule has 0 bridgehead atoms. The molecule has 9 heteroatoms. The number of nitrogens with one attached hydrogen (secondary N) is 1. The lowest BCUT2D eigenvalue weighted by molar-refractivity contribution is -0.139. The summed E-state index contributed by atoms with van der Waals surface area (Å²) in [6.07, 6.45) is 4.46. The van der Waals surface area contributed by atoms with Crippen LogP contribution in [0.1, 0.15) is 88.7 Å². The van der Waals surface area contributed by atoms with Gasteiger partial charge in [0.05, 0.1) is 12.4 Å². The van der Waals surface area contributed by atoms with Crippen LogP contribution in [0, 0.1) is 6.92 Å². The van der Waals surface area contributed by atoms with E-state index >= 15 is 0 Å². The van der Waals surface area contributed by atoms with Crippen LogP contribution in [0.25, 0.3) is 11.1 Å². The second kappa shape index (κ2) is 21.0. The number of sulfone groups is 1. The molecule has 2 N–H and O–H groups in total. The number of rotatable bonds is 15. The lowest BCUT2D eigenvalue weighted by Crippen LogP contribution is -2.42. The molecule has 238 valence electrons. The number of methoxy groups -OCH3 is 1. The molecule has 2 unspecified atom stereocenters. The van der Waals surface area contributed by atoms with E-state index in [2.05, 4.69) is 37.9 Å². The van der Waals surface area contributed by atoms with Crippen LogP contribution in [0.3, 0.4) is 0 Å². The fourth-order valence-electron chi connectivity index (χ4n) is 4.13. The lowest BCUT2D eigenvalue weighted by atomic mass is 9.93. The van der Waals surface area contributed by atoms with Gasteiger partial charge in [-0.25, -0.2) is 13.2 Å². The van der Waals surface area contributed by atoms with Crippen LogP contribution in [0.2, 0.25) is 0 Å². The number of benzene rings is 2. The number of aliphatic carboxylic acids is 1. The average Bonchev–Trinajstić information content (AvgIpc) is 2.95. The van der Waals surface area contributed by atoms with Gasteiger partial charge in [-0.1, -0.05) is 77.8 Å². The van der Waals surface area contributed by atoms with Gasteiger partial charge < -0.3 is 15.2 Å². The highest BCUT2D eigenvalue weighted by Crippen LogP contribution is 2.29. The zero-order chi connectivity index (χ0) is 32.3. The van der Waals surface area contributed by atoms with Crippen molar-refractivity contribution in [1.82, 2.24) is 10.2 Å². The Labute approximate surface area is 254 Å². The van der Waals surface area contributed by atoms with E-state index in [1.54, 1.807) is 13.2 Å². The highest BCUT2D eigenvalue weighted by Gasteiger charge is 2.24. The van der Waals surface area contributed by atoms with Gasteiger partial charge in [-0.05, 0) is 67.6 Å². The van der Waals surface area contributed by atoms with Gasteiger partial charge in [-0.3, -0.25) is 9.69 Å². The molecular weight excluding hydrogens is 552 g/mol. The Morgan fingerprint density at radius 3 is 2.12 bits per heavy atom. The number of carboxylic acids is 1. The summed E-state index contributed by atoms with van der Waals surface area (Å²) >= 11 is 0. The summed E-state index contributed by atoms with van der Waals surface area (Å²) in [7, 11) is -1.69. The van der Waals surface area contributed by atoms with Crippen LogP contribution in [-0.4, -0.2) is 74.7 Å². The number of nitrogens with zero attached hydrogens (tertiary/aromatic N) is 1. The molecule has 0 aliphatic carbocycles. The normalized spacial score (nSPS) is 12.3. The second-order valence-electron chi connectivity index (χ2n) is 10.3. The Balaban J connectivity index is 0.00000257. The van der Waals surface area contributed by atoms with Gasteiger partial charge in [0.15, 0.2) is 0 Å². The molecule has 0 aliphatic heterocycles. The first-order valence-corrected chi connectivity index (χ1v) is 17.1. The van der Waals surface area contributed by atoms with Gasteiger partial charge in [0.2, 0.25) is 0 Å². The standard InChI is InChI=1S/C27H38N2O6S.C4H10.C2H6/c1-6-14-29(20(3)18-35-4)17-21-11-12-23(24(16-21)22-10-8-7-9-19(22)2)26(30)28-25(27(31)32)13-15-36(5,33)34;1-3-4-2;1-2/h7-12,16,20,25H,6,13-15,17-18H2,1-5H3,(H,28,30)(H,31,32);3-4H2,1-2H3;1-2H3. The predicted octanol–water partition coefficient (Wildman–Crippen LogP) is 6.36. The summed E-state index contributed by atoms with van der Waals surface area (Å²) in [4.78, 5) is 27.3. The van der Waals surface area contributed by atoms with E-state index in [0.717, 1.165) is 35.9 Å². The van der Waals surface area contributed by atoms with Crippen molar-refractivity contribution in [2.24, 2.45) is 0 Å². The van der Waals surface area contributed by atoms with Crippen molar-refractivity contribution < 1.29 is 27.9 Å². The molecule has 2 aromatic carbocycles. The summed E-state index contributed by atoms with van der Waals surface area (Å²) in [6.45, 7) is 16.7. The van der Waals surface area contributed by atoms with Gasteiger partial charge in [0.25, 0.3) is 5.91 Å². The summed E-state index contributed by atoms with van der Waals surface area (Å²) in [5, 5.41) is 12.1. The smallest absolute Gasteiger partial charge is 0.326 e. The first kappa shape index (κ1) is 39.2. The number of carbonyl (C=O) groups excluding carboxylic acids is 1. The lowest BCUT2D eigenvalue weighted by Gasteiger charge is -2.28. The molecule has 2 rings (SSSR count). The van der Waals surface area contributed by atoms with Crippen molar-refractivity contribution in [3.8, 4) is 11.1 Å². The molecule has 0 saturated heterocycles. The van der Waals surface area contributed by atoms with Crippen LogP contribution in [-0.2, 0) is 25.9 Å². The van der Waals surface area contributed by atoms with Crippen molar-refractivity contribution in [2.45, 2.75) is 92.8 Å². The Hall–Kier alpha value is -2.75. The van der Waals surface area contributed by atoms with Gasteiger partial charge in [-0.15, -0.1) is 0 Å². The Morgan fingerprint density at radius 2 is 1.62 bits per heavy atom. The zero-order valence-corrected chi connectivity index (χ0v) is 28.0. The molecule has 0 fully saturated rings. The Morgan fingerprint density at radius 1 is 1.00 bits per heavy atom. The van der Waals surface area contributed by atoms with Crippen LogP contribution < -0.4 is 5.32 Å². The molecule has 42 heavy (non-hydrogen) atoms. The third kappa shape index (κ3) is 14.4. The van der Waals surface area contributed by atoms with Crippen LogP contribution in [0.5, 0.6) is 0 Å². The van der Waals surface area contributed by atoms with E-state index < -0.39 is 27.8 Å². The molecular formula is C33H54N2O6S. The van der Waals surface area contributed by atoms with Gasteiger partial charge in [0.1, 0.15) is 15.9 Å². The highest BCUT2D eigenvalue weighted by molar-refractivity contribution is 7.90. The molecule has 0 aliphatic rings. The van der Waals surface area contributed by atoms with Crippen LogP contribution in [0.4, 0.5) is 0 Å². The molecule has 2 atom stereocenters. The number of carbonyl (C=O) groups is 2. The maximum atomic E-state index is 13.3. The molecule has 8 nitrogen and oxygen atoms in total. The summed E-state index contributed by atoms with van der Waals surface area (Å²) in [5.41, 5.74) is 3.91. The minimum atomic E-state index is -3.37. The Kier molecular flexibility index (Phi) is 19.6. The Bertz CT molecular complexity index is 1180. The first-order valence-electron chi connectivity index (χ1n) is 15.0. The SMILES string of the molecule is CC.CCCC.CCCN(Cc1ccc(C(=O)NC(CCS(C)(=O)=O)C(=O)O)c(-c2ccccc2C)c1)C(C)COC. The van der Waals surface area contributed by atoms with E-state index in [0.29, 0.717) is 24.3 Å². The number of unbranched alkanes of at least 4 members (excludes halogenated alkanes) is 1. The minimum Gasteiger partial charge on any atom is -0.480 e. The van der Waals surface area contributed by atoms with Gasteiger partial charge >= 0.3 is 5.97 Å². The van der Waals surface area contributed by atoms with Crippen molar-refractivity contribution in [2.75, 3.05) is 32.3 Å². The molecule has 0 saturated carbocycles. The van der Waals surface area contributed by atoms with Gasteiger partial charge in [-0.2, -0.15) is 0 Å². The molecule has 1 amide bonds. The van der Waals surface area contributed by atoms with Crippen LogP contribution in [0.15, 0.2) is 42.5 Å². The molecule has 0 heterocycles. The van der Waals surface area contributed by atoms with E-state index in [4.69, 9.17) is 4.74 Å². The molecule has 2 aromatic rings. The maximum Gasteiger partial charge on any atom is 0.326 e. The second-order valence-corrected chi connectivity index (χ2v) is 12.5. The number of amides is 1. The topological polar surface area (TPSA) is 113 Å². The monoisotopic (exact) mass is 606 g/mol. The maximum absolute atomic E-state index is 13.3. The van der Waals surface area contributed by atoms with E-state index in [1.807, 2.05) is 57.2 Å². The zero-order valence-electron chi connectivity index (χ0n) is 27.2. The fraction of sp³-hybridized carbons (Fsp3) is 0.576. The molecule has 0 radical (unpaired) electrons. The largest absolute Gasteiger partial charge is 0.480 e. The number of carboxylic acid groups (broad SMARTS) is 1. The highest BCUT2D eigenvalue weighted by atomic mass is 32.2. The third-order valence-corrected chi connectivity index (χ3v) is 7.55. The first-order chi connectivity index (χ1) is 19.9. The van der Waals surface area contributed by atoms with E-state index in [1.165, 1.54) is 12.8 Å². The van der Waals surface area contributed by atoms with E-state index in [-0.39, 0.29) is 18.2 Å². The van der Waals surface area contributed by atoms with Crippen LogP contribution >= 0.6 is 0 Å².